The van der Waals surface area contributed by atoms with Crippen LogP contribution in [0.25, 0.3) is 5.69 Å². The summed E-state index contributed by atoms with van der Waals surface area (Å²) in [7, 11) is 0. The Morgan fingerprint density at radius 3 is 2.53 bits per heavy atom. The predicted octanol–water partition coefficient (Wildman–Crippen LogP) is 3.67. The summed E-state index contributed by atoms with van der Waals surface area (Å²) < 4.78 is 3.09. The molecule has 0 bridgehead atoms. The number of benzene rings is 1. The molecule has 0 saturated heterocycles. The van der Waals surface area contributed by atoms with Crippen molar-refractivity contribution < 1.29 is 0 Å². The lowest BCUT2D eigenvalue weighted by Crippen LogP contribution is -2.12. The second kappa shape index (κ2) is 5.88. The Hall–Kier alpha value is -1.13. The van der Waals surface area contributed by atoms with Crippen molar-refractivity contribution in [1.82, 2.24) is 15.1 Å². The molecule has 0 fully saturated rings. The number of aryl methyl sites for hydroxylation is 2. The van der Waals surface area contributed by atoms with Crippen LogP contribution in [0.3, 0.4) is 0 Å². The Morgan fingerprint density at radius 2 is 2.00 bits per heavy atom. The molecule has 0 aliphatic rings. The number of hydrogen-bond acceptors (Lipinski definition) is 2. The average Bonchev–Trinajstić information content (AvgIpc) is 2.64. The molecule has 2 aromatic rings. The largest absolute Gasteiger partial charge is 0.313 e. The van der Waals surface area contributed by atoms with E-state index in [4.69, 9.17) is 0 Å². The third-order valence-electron chi connectivity index (χ3n) is 3.27. The van der Waals surface area contributed by atoms with Crippen LogP contribution in [-0.4, -0.2) is 16.3 Å². The van der Waals surface area contributed by atoms with E-state index in [0.717, 1.165) is 34.6 Å². The highest BCUT2D eigenvalue weighted by Crippen LogP contribution is 2.24. The lowest BCUT2D eigenvalue weighted by atomic mass is 10.1. The smallest absolute Gasteiger partial charge is 0.0743 e. The maximum Gasteiger partial charge on any atom is 0.0743 e. The van der Waals surface area contributed by atoms with Gasteiger partial charge in [0.15, 0.2) is 0 Å². The minimum Gasteiger partial charge on any atom is -0.313 e. The summed E-state index contributed by atoms with van der Waals surface area (Å²) in [5.41, 5.74) is 5.86. The quantitative estimate of drug-likeness (QED) is 0.931. The van der Waals surface area contributed by atoms with Crippen molar-refractivity contribution in [2.24, 2.45) is 0 Å². The SMILES string of the molecule is CCNCc1ccc(-n2nc(C)c(Br)c2C)c(C)c1. The zero-order chi connectivity index (χ0) is 14.0. The van der Waals surface area contributed by atoms with Gasteiger partial charge in [-0.15, -0.1) is 0 Å². The van der Waals surface area contributed by atoms with Crippen LogP contribution in [0.2, 0.25) is 0 Å². The lowest BCUT2D eigenvalue weighted by Gasteiger charge is -2.10. The number of nitrogens with one attached hydrogen (secondary N) is 1. The fraction of sp³-hybridized carbons (Fsp3) is 0.400. The first-order valence-corrected chi connectivity index (χ1v) is 7.36. The van der Waals surface area contributed by atoms with Gasteiger partial charge in [-0.25, -0.2) is 4.68 Å². The van der Waals surface area contributed by atoms with Crippen LogP contribution in [0.1, 0.15) is 29.4 Å². The van der Waals surface area contributed by atoms with E-state index in [1.54, 1.807) is 0 Å². The van der Waals surface area contributed by atoms with E-state index in [9.17, 15) is 0 Å². The summed E-state index contributed by atoms with van der Waals surface area (Å²) >= 11 is 3.58. The molecule has 1 aromatic heterocycles. The second-order valence-corrected chi connectivity index (χ2v) is 5.59. The number of nitrogens with zero attached hydrogens (tertiary/aromatic N) is 2. The Kier molecular flexibility index (Phi) is 4.42. The standard InChI is InChI=1S/C15H20BrN3/c1-5-17-9-13-6-7-14(10(2)8-13)19-12(4)15(16)11(3)18-19/h6-8,17H,5,9H2,1-4H3. The molecule has 0 atom stereocenters. The number of rotatable bonds is 4. The third-order valence-corrected chi connectivity index (χ3v) is 4.42. The average molecular weight is 322 g/mol. The molecule has 102 valence electrons. The highest BCUT2D eigenvalue weighted by molar-refractivity contribution is 9.10. The van der Waals surface area contributed by atoms with Gasteiger partial charge in [-0.05, 0) is 60.4 Å². The van der Waals surface area contributed by atoms with Gasteiger partial charge in [-0.3, -0.25) is 0 Å². The molecular formula is C15H20BrN3. The van der Waals surface area contributed by atoms with Crippen molar-refractivity contribution in [3.8, 4) is 5.69 Å². The van der Waals surface area contributed by atoms with Crippen LogP contribution < -0.4 is 5.32 Å². The zero-order valence-electron chi connectivity index (χ0n) is 11.9. The van der Waals surface area contributed by atoms with Crippen LogP contribution >= 0.6 is 15.9 Å². The van der Waals surface area contributed by atoms with Crippen molar-refractivity contribution in [2.45, 2.75) is 34.2 Å². The Bertz CT molecular complexity index is 587. The summed E-state index contributed by atoms with van der Waals surface area (Å²) in [6.07, 6.45) is 0. The Labute approximate surface area is 123 Å². The van der Waals surface area contributed by atoms with Crippen molar-refractivity contribution in [2.75, 3.05) is 6.54 Å². The van der Waals surface area contributed by atoms with Gasteiger partial charge in [0, 0.05) is 6.54 Å². The first kappa shape index (κ1) is 14.3. The Morgan fingerprint density at radius 1 is 1.26 bits per heavy atom. The number of halogens is 1. The van der Waals surface area contributed by atoms with Crippen molar-refractivity contribution >= 4 is 15.9 Å². The van der Waals surface area contributed by atoms with Gasteiger partial charge < -0.3 is 5.32 Å². The van der Waals surface area contributed by atoms with E-state index in [-0.39, 0.29) is 0 Å². The van der Waals surface area contributed by atoms with E-state index in [1.807, 2.05) is 11.6 Å². The minimum absolute atomic E-state index is 0.915. The molecule has 0 aliphatic carbocycles. The van der Waals surface area contributed by atoms with Gasteiger partial charge >= 0.3 is 0 Å². The molecule has 0 radical (unpaired) electrons. The number of hydrogen-bond donors (Lipinski definition) is 1. The molecule has 0 aliphatic heterocycles. The molecule has 1 N–H and O–H groups in total. The lowest BCUT2D eigenvalue weighted by molar-refractivity contribution is 0.725. The van der Waals surface area contributed by atoms with Crippen molar-refractivity contribution in [1.29, 1.82) is 0 Å². The summed E-state index contributed by atoms with van der Waals surface area (Å²) in [6.45, 7) is 10.3. The Balaban J connectivity index is 2.37. The van der Waals surface area contributed by atoms with E-state index >= 15 is 0 Å². The van der Waals surface area contributed by atoms with Gasteiger partial charge in [0.05, 0.1) is 21.5 Å². The molecular weight excluding hydrogens is 302 g/mol. The highest BCUT2D eigenvalue weighted by atomic mass is 79.9. The van der Waals surface area contributed by atoms with Crippen LogP contribution in [0, 0.1) is 20.8 Å². The normalized spacial score (nSPS) is 11.0. The fourth-order valence-corrected chi connectivity index (χ4v) is 2.44. The maximum atomic E-state index is 4.59. The van der Waals surface area contributed by atoms with Gasteiger partial charge in [-0.1, -0.05) is 19.1 Å². The highest BCUT2D eigenvalue weighted by Gasteiger charge is 2.12. The zero-order valence-corrected chi connectivity index (χ0v) is 13.5. The topological polar surface area (TPSA) is 29.9 Å². The maximum absolute atomic E-state index is 4.59. The summed E-state index contributed by atoms with van der Waals surface area (Å²) in [5.74, 6) is 0. The minimum atomic E-state index is 0.915. The van der Waals surface area contributed by atoms with E-state index < -0.39 is 0 Å². The van der Waals surface area contributed by atoms with Crippen LogP contribution in [0.15, 0.2) is 22.7 Å². The van der Waals surface area contributed by atoms with E-state index in [2.05, 4.69) is 65.3 Å². The van der Waals surface area contributed by atoms with E-state index in [1.165, 1.54) is 11.1 Å². The monoisotopic (exact) mass is 321 g/mol. The molecule has 19 heavy (non-hydrogen) atoms. The van der Waals surface area contributed by atoms with Gasteiger partial charge in [0.2, 0.25) is 0 Å². The molecule has 1 heterocycles. The van der Waals surface area contributed by atoms with Crippen LogP contribution in [0.5, 0.6) is 0 Å². The molecule has 0 unspecified atom stereocenters. The fourth-order valence-electron chi connectivity index (χ4n) is 2.19. The predicted molar refractivity (Wildman–Crippen MR) is 82.9 cm³/mol. The van der Waals surface area contributed by atoms with Gasteiger partial charge in [-0.2, -0.15) is 5.10 Å². The van der Waals surface area contributed by atoms with Gasteiger partial charge in [0.25, 0.3) is 0 Å². The van der Waals surface area contributed by atoms with Crippen LogP contribution in [-0.2, 0) is 6.54 Å². The van der Waals surface area contributed by atoms with Crippen molar-refractivity contribution in [3.63, 3.8) is 0 Å². The summed E-state index contributed by atoms with van der Waals surface area (Å²) in [4.78, 5) is 0. The first-order chi connectivity index (χ1) is 9.04. The molecule has 0 saturated carbocycles. The van der Waals surface area contributed by atoms with Crippen LogP contribution in [0.4, 0.5) is 0 Å². The molecule has 0 spiro atoms. The van der Waals surface area contributed by atoms with Gasteiger partial charge in [0.1, 0.15) is 0 Å². The molecule has 3 nitrogen and oxygen atoms in total. The molecule has 2 rings (SSSR count). The van der Waals surface area contributed by atoms with E-state index in [0.29, 0.717) is 0 Å². The molecule has 1 aromatic carbocycles. The molecule has 0 amide bonds. The first-order valence-electron chi connectivity index (χ1n) is 6.57. The summed E-state index contributed by atoms with van der Waals surface area (Å²) in [5, 5.41) is 7.93. The second-order valence-electron chi connectivity index (χ2n) is 4.80. The summed E-state index contributed by atoms with van der Waals surface area (Å²) in [6, 6.07) is 6.53. The number of aromatic nitrogens is 2. The molecule has 4 heteroatoms. The van der Waals surface area contributed by atoms with Crippen molar-refractivity contribution in [3.05, 3.63) is 45.2 Å². The third kappa shape index (κ3) is 2.90.